The lowest BCUT2D eigenvalue weighted by Crippen LogP contribution is -2.47. The van der Waals surface area contributed by atoms with Crippen molar-refractivity contribution in [2.45, 2.75) is 19.9 Å². The lowest BCUT2D eigenvalue weighted by molar-refractivity contribution is 0.0452. The molecule has 0 saturated carbocycles. The SMILES string of the molecule is Cc1nccn1CCCN(C)C(=O)N1CCOCC1. The van der Waals surface area contributed by atoms with E-state index in [1.165, 1.54) is 0 Å². The minimum Gasteiger partial charge on any atom is -0.378 e. The second kappa shape index (κ2) is 6.56. The van der Waals surface area contributed by atoms with Gasteiger partial charge in [0.2, 0.25) is 0 Å². The number of carbonyl (C=O) groups is 1. The molecule has 2 amide bonds. The normalized spacial score (nSPS) is 15.6. The van der Waals surface area contributed by atoms with Gasteiger partial charge in [-0.2, -0.15) is 0 Å². The Kier molecular flexibility index (Phi) is 4.79. The number of ether oxygens (including phenoxy) is 1. The van der Waals surface area contributed by atoms with Crippen LogP contribution in [0.2, 0.25) is 0 Å². The molecule has 1 saturated heterocycles. The van der Waals surface area contributed by atoms with E-state index in [9.17, 15) is 4.79 Å². The van der Waals surface area contributed by atoms with Crippen LogP contribution in [0.3, 0.4) is 0 Å². The molecule has 106 valence electrons. The molecule has 0 bridgehead atoms. The summed E-state index contributed by atoms with van der Waals surface area (Å²) in [5, 5.41) is 0. The predicted molar refractivity (Wildman–Crippen MR) is 72.0 cm³/mol. The number of amides is 2. The molecule has 1 aromatic heterocycles. The molecular formula is C13H22N4O2. The van der Waals surface area contributed by atoms with Gasteiger partial charge in [0.25, 0.3) is 0 Å². The molecule has 1 fully saturated rings. The molecule has 2 rings (SSSR count). The molecule has 0 aliphatic carbocycles. The topological polar surface area (TPSA) is 50.6 Å². The van der Waals surface area contributed by atoms with Crippen LogP contribution in [0, 0.1) is 6.92 Å². The fourth-order valence-corrected chi connectivity index (χ4v) is 2.21. The average Bonchev–Trinajstić information content (AvgIpc) is 2.84. The third kappa shape index (κ3) is 3.70. The highest BCUT2D eigenvalue weighted by Crippen LogP contribution is 2.04. The number of hydrogen-bond acceptors (Lipinski definition) is 3. The van der Waals surface area contributed by atoms with E-state index in [4.69, 9.17) is 4.74 Å². The fourth-order valence-electron chi connectivity index (χ4n) is 2.21. The summed E-state index contributed by atoms with van der Waals surface area (Å²) in [7, 11) is 1.86. The standard InChI is InChI=1S/C13H22N4O2/c1-12-14-4-7-16(12)6-3-5-15(2)13(18)17-8-10-19-11-9-17/h4,7H,3,5-6,8-11H2,1-2H3. The number of urea groups is 1. The van der Waals surface area contributed by atoms with Crippen LogP contribution < -0.4 is 0 Å². The highest BCUT2D eigenvalue weighted by molar-refractivity contribution is 5.74. The zero-order chi connectivity index (χ0) is 13.7. The van der Waals surface area contributed by atoms with Gasteiger partial charge in [0.1, 0.15) is 5.82 Å². The van der Waals surface area contributed by atoms with Crippen LogP contribution >= 0.6 is 0 Å². The Morgan fingerprint density at radius 3 is 2.84 bits per heavy atom. The van der Waals surface area contributed by atoms with Crippen molar-refractivity contribution < 1.29 is 9.53 Å². The molecule has 1 aromatic rings. The molecule has 6 heteroatoms. The van der Waals surface area contributed by atoms with E-state index >= 15 is 0 Å². The highest BCUT2D eigenvalue weighted by atomic mass is 16.5. The maximum Gasteiger partial charge on any atom is 0.319 e. The van der Waals surface area contributed by atoms with Crippen molar-refractivity contribution >= 4 is 6.03 Å². The summed E-state index contributed by atoms with van der Waals surface area (Å²) in [6.07, 6.45) is 4.71. The first kappa shape index (κ1) is 13.9. The lowest BCUT2D eigenvalue weighted by Gasteiger charge is -2.31. The molecule has 0 aromatic carbocycles. The van der Waals surface area contributed by atoms with Crippen molar-refractivity contribution in [3.63, 3.8) is 0 Å². The van der Waals surface area contributed by atoms with E-state index in [1.54, 1.807) is 11.1 Å². The molecular weight excluding hydrogens is 244 g/mol. The Morgan fingerprint density at radius 1 is 1.47 bits per heavy atom. The fraction of sp³-hybridized carbons (Fsp3) is 0.692. The van der Waals surface area contributed by atoms with E-state index < -0.39 is 0 Å². The summed E-state index contributed by atoms with van der Waals surface area (Å²) in [5.41, 5.74) is 0. The third-order valence-corrected chi connectivity index (χ3v) is 3.42. The Balaban J connectivity index is 1.73. The summed E-state index contributed by atoms with van der Waals surface area (Å²) in [4.78, 5) is 20.0. The van der Waals surface area contributed by atoms with Crippen molar-refractivity contribution in [3.05, 3.63) is 18.2 Å². The third-order valence-electron chi connectivity index (χ3n) is 3.42. The van der Waals surface area contributed by atoms with E-state index in [-0.39, 0.29) is 6.03 Å². The maximum absolute atomic E-state index is 12.1. The Hall–Kier alpha value is -1.56. The summed E-state index contributed by atoms with van der Waals surface area (Å²) in [5.74, 6) is 1.02. The average molecular weight is 266 g/mol. The Bertz CT molecular complexity index is 413. The Morgan fingerprint density at radius 2 is 2.21 bits per heavy atom. The first-order chi connectivity index (χ1) is 9.18. The van der Waals surface area contributed by atoms with Crippen molar-refractivity contribution in [1.29, 1.82) is 0 Å². The molecule has 0 N–H and O–H groups in total. The first-order valence-electron chi connectivity index (χ1n) is 6.74. The molecule has 1 aliphatic heterocycles. The number of aryl methyl sites for hydroxylation is 2. The second-order valence-corrected chi connectivity index (χ2v) is 4.82. The van der Waals surface area contributed by atoms with Crippen molar-refractivity contribution in [2.24, 2.45) is 0 Å². The quantitative estimate of drug-likeness (QED) is 0.816. The minimum absolute atomic E-state index is 0.102. The van der Waals surface area contributed by atoms with Gasteiger partial charge in [-0.25, -0.2) is 9.78 Å². The summed E-state index contributed by atoms with van der Waals surface area (Å²) >= 11 is 0. The van der Waals surface area contributed by atoms with Crippen LogP contribution in [0.4, 0.5) is 4.79 Å². The summed E-state index contributed by atoms with van der Waals surface area (Å²) in [6, 6.07) is 0.102. The maximum atomic E-state index is 12.1. The summed E-state index contributed by atoms with van der Waals surface area (Å²) < 4.78 is 7.35. The first-order valence-corrected chi connectivity index (χ1v) is 6.74. The van der Waals surface area contributed by atoms with Gasteiger partial charge in [0, 0.05) is 45.6 Å². The van der Waals surface area contributed by atoms with Gasteiger partial charge in [-0.1, -0.05) is 0 Å². The number of aromatic nitrogens is 2. The number of imidazole rings is 1. The lowest BCUT2D eigenvalue weighted by atomic mass is 10.3. The van der Waals surface area contributed by atoms with Gasteiger partial charge < -0.3 is 19.1 Å². The van der Waals surface area contributed by atoms with Gasteiger partial charge >= 0.3 is 6.03 Å². The van der Waals surface area contributed by atoms with Crippen LogP contribution in [0.25, 0.3) is 0 Å². The van der Waals surface area contributed by atoms with E-state index in [2.05, 4.69) is 9.55 Å². The molecule has 0 radical (unpaired) electrons. The molecule has 19 heavy (non-hydrogen) atoms. The van der Waals surface area contributed by atoms with Crippen molar-refractivity contribution in [1.82, 2.24) is 19.4 Å². The van der Waals surface area contributed by atoms with E-state index in [0.29, 0.717) is 26.3 Å². The largest absolute Gasteiger partial charge is 0.378 e. The smallest absolute Gasteiger partial charge is 0.319 e. The molecule has 2 heterocycles. The number of rotatable bonds is 4. The predicted octanol–water partition coefficient (Wildman–Crippen LogP) is 0.966. The zero-order valence-corrected chi connectivity index (χ0v) is 11.7. The highest BCUT2D eigenvalue weighted by Gasteiger charge is 2.19. The van der Waals surface area contributed by atoms with E-state index in [1.807, 2.05) is 25.1 Å². The number of morpholine rings is 1. The van der Waals surface area contributed by atoms with E-state index in [0.717, 1.165) is 25.3 Å². The monoisotopic (exact) mass is 266 g/mol. The van der Waals surface area contributed by atoms with Gasteiger partial charge in [0.05, 0.1) is 13.2 Å². The van der Waals surface area contributed by atoms with Crippen LogP contribution in [0.15, 0.2) is 12.4 Å². The van der Waals surface area contributed by atoms with Gasteiger partial charge in [-0.15, -0.1) is 0 Å². The minimum atomic E-state index is 0.102. The molecule has 0 unspecified atom stereocenters. The molecule has 0 atom stereocenters. The number of nitrogens with zero attached hydrogens (tertiary/aromatic N) is 4. The van der Waals surface area contributed by atoms with Crippen molar-refractivity contribution in [3.8, 4) is 0 Å². The zero-order valence-electron chi connectivity index (χ0n) is 11.7. The molecule has 1 aliphatic rings. The second-order valence-electron chi connectivity index (χ2n) is 4.82. The van der Waals surface area contributed by atoms with Gasteiger partial charge in [-0.05, 0) is 13.3 Å². The molecule has 0 spiro atoms. The van der Waals surface area contributed by atoms with Crippen LogP contribution in [0.1, 0.15) is 12.2 Å². The van der Waals surface area contributed by atoms with Crippen LogP contribution in [0.5, 0.6) is 0 Å². The van der Waals surface area contributed by atoms with Gasteiger partial charge in [-0.3, -0.25) is 0 Å². The summed E-state index contributed by atoms with van der Waals surface area (Å²) in [6.45, 7) is 6.33. The van der Waals surface area contributed by atoms with Crippen LogP contribution in [-0.4, -0.2) is 65.3 Å². The molecule has 6 nitrogen and oxygen atoms in total. The van der Waals surface area contributed by atoms with Gasteiger partial charge in [0.15, 0.2) is 0 Å². The Labute approximate surface area is 114 Å². The van der Waals surface area contributed by atoms with Crippen LogP contribution in [-0.2, 0) is 11.3 Å². The van der Waals surface area contributed by atoms with Crippen molar-refractivity contribution in [2.75, 3.05) is 39.9 Å². The number of carbonyl (C=O) groups excluding carboxylic acids is 1. The number of hydrogen-bond donors (Lipinski definition) is 0.